The van der Waals surface area contributed by atoms with Gasteiger partial charge in [0.05, 0.1) is 6.61 Å². The quantitative estimate of drug-likeness (QED) is 0.715. The third-order valence-electron chi connectivity index (χ3n) is 3.14. The number of rotatable bonds is 5. The number of halogens is 1. The van der Waals surface area contributed by atoms with Gasteiger partial charge in [-0.15, -0.1) is 0 Å². The van der Waals surface area contributed by atoms with Gasteiger partial charge in [0.2, 0.25) is 0 Å². The molecule has 0 radical (unpaired) electrons. The summed E-state index contributed by atoms with van der Waals surface area (Å²) in [6.45, 7) is 6.87. The molecule has 4 heteroatoms. The van der Waals surface area contributed by atoms with Crippen molar-refractivity contribution >= 4 is 34.2 Å². The molecule has 0 aliphatic rings. The van der Waals surface area contributed by atoms with Crippen molar-refractivity contribution in [3.05, 3.63) is 57.2 Å². The first-order chi connectivity index (χ1) is 10.5. The van der Waals surface area contributed by atoms with Crippen LogP contribution in [-0.4, -0.2) is 12.5 Å². The molecular formula is C18H20INO2. The van der Waals surface area contributed by atoms with E-state index >= 15 is 0 Å². The van der Waals surface area contributed by atoms with Crippen LogP contribution in [0.3, 0.4) is 0 Å². The van der Waals surface area contributed by atoms with Crippen LogP contribution in [-0.2, 0) is 0 Å². The van der Waals surface area contributed by atoms with Gasteiger partial charge in [-0.1, -0.05) is 13.8 Å². The van der Waals surface area contributed by atoms with Crippen molar-refractivity contribution in [2.24, 2.45) is 5.92 Å². The van der Waals surface area contributed by atoms with Gasteiger partial charge >= 0.3 is 0 Å². The molecular weight excluding hydrogens is 389 g/mol. The number of carbonyl (C=O) groups excluding carboxylic acids is 1. The van der Waals surface area contributed by atoms with Gasteiger partial charge in [0, 0.05) is 14.8 Å². The summed E-state index contributed by atoms with van der Waals surface area (Å²) in [5, 5.41) is 2.94. The Labute approximate surface area is 145 Å². The Morgan fingerprint density at radius 1 is 1.18 bits per heavy atom. The number of hydrogen-bond acceptors (Lipinski definition) is 2. The number of nitrogens with one attached hydrogen (secondary N) is 1. The predicted octanol–water partition coefficient (Wildman–Crippen LogP) is 4.89. The molecule has 0 heterocycles. The Hall–Kier alpha value is -1.56. The standard InChI is InChI=1S/C18H20INO2/c1-12(2)11-22-16-7-4-14(5-8-16)18(21)20-17-9-6-15(19)10-13(17)3/h4-10,12H,11H2,1-3H3,(H,20,21). The predicted molar refractivity (Wildman–Crippen MR) is 98.6 cm³/mol. The molecule has 2 aromatic carbocycles. The number of anilines is 1. The Morgan fingerprint density at radius 2 is 1.86 bits per heavy atom. The van der Waals surface area contributed by atoms with E-state index < -0.39 is 0 Å². The molecule has 0 aliphatic heterocycles. The van der Waals surface area contributed by atoms with E-state index in [-0.39, 0.29) is 5.91 Å². The van der Waals surface area contributed by atoms with Crippen LogP contribution in [0.1, 0.15) is 29.8 Å². The monoisotopic (exact) mass is 409 g/mol. The first kappa shape index (κ1) is 16.8. The topological polar surface area (TPSA) is 38.3 Å². The molecule has 1 N–H and O–H groups in total. The zero-order valence-corrected chi connectivity index (χ0v) is 15.2. The average molecular weight is 409 g/mol. The highest BCUT2D eigenvalue weighted by Crippen LogP contribution is 2.19. The molecule has 0 saturated heterocycles. The van der Waals surface area contributed by atoms with E-state index in [1.165, 1.54) is 0 Å². The van der Waals surface area contributed by atoms with Crippen LogP contribution in [0.5, 0.6) is 5.75 Å². The highest BCUT2D eigenvalue weighted by Gasteiger charge is 2.08. The first-order valence-corrected chi connectivity index (χ1v) is 8.34. The lowest BCUT2D eigenvalue weighted by Gasteiger charge is -2.11. The molecule has 0 bridgehead atoms. The van der Waals surface area contributed by atoms with Crippen molar-refractivity contribution < 1.29 is 9.53 Å². The molecule has 0 aliphatic carbocycles. The molecule has 0 aromatic heterocycles. The highest BCUT2D eigenvalue weighted by molar-refractivity contribution is 14.1. The Morgan fingerprint density at radius 3 is 2.45 bits per heavy atom. The van der Waals surface area contributed by atoms with Crippen molar-refractivity contribution in [2.45, 2.75) is 20.8 Å². The number of aryl methyl sites for hydroxylation is 1. The van der Waals surface area contributed by atoms with E-state index in [0.717, 1.165) is 20.6 Å². The SMILES string of the molecule is Cc1cc(I)ccc1NC(=O)c1ccc(OCC(C)C)cc1. The second-order valence-corrected chi connectivity index (χ2v) is 6.89. The van der Waals surface area contributed by atoms with Crippen molar-refractivity contribution in [3.8, 4) is 5.75 Å². The fourth-order valence-corrected chi connectivity index (χ4v) is 2.57. The van der Waals surface area contributed by atoms with E-state index in [4.69, 9.17) is 4.74 Å². The summed E-state index contributed by atoms with van der Waals surface area (Å²) in [7, 11) is 0. The van der Waals surface area contributed by atoms with Crippen LogP contribution >= 0.6 is 22.6 Å². The molecule has 3 nitrogen and oxygen atoms in total. The average Bonchev–Trinajstić information content (AvgIpc) is 2.48. The molecule has 0 spiro atoms. The van der Waals surface area contributed by atoms with E-state index in [9.17, 15) is 4.79 Å². The minimum absolute atomic E-state index is 0.111. The fourth-order valence-electron chi connectivity index (χ4n) is 1.93. The van der Waals surface area contributed by atoms with Crippen LogP contribution in [0.4, 0.5) is 5.69 Å². The summed E-state index contributed by atoms with van der Waals surface area (Å²) in [4.78, 5) is 12.3. The number of carbonyl (C=O) groups is 1. The smallest absolute Gasteiger partial charge is 0.255 e. The first-order valence-electron chi connectivity index (χ1n) is 7.26. The molecule has 116 valence electrons. The van der Waals surface area contributed by atoms with Gasteiger partial charge in [0.15, 0.2) is 0 Å². The summed E-state index contributed by atoms with van der Waals surface area (Å²) in [6.07, 6.45) is 0. The van der Waals surface area contributed by atoms with Gasteiger partial charge in [-0.05, 0) is 83.5 Å². The van der Waals surface area contributed by atoms with Crippen LogP contribution in [0.2, 0.25) is 0 Å². The molecule has 22 heavy (non-hydrogen) atoms. The van der Waals surface area contributed by atoms with E-state index in [1.807, 2.05) is 37.3 Å². The van der Waals surface area contributed by atoms with Gasteiger partial charge in [0.25, 0.3) is 5.91 Å². The van der Waals surface area contributed by atoms with Crippen LogP contribution in [0.25, 0.3) is 0 Å². The zero-order valence-electron chi connectivity index (χ0n) is 13.0. The third-order valence-corrected chi connectivity index (χ3v) is 3.81. The Balaban J connectivity index is 2.03. The molecule has 0 fully saturated rings. The van der Waals surface area contributed by atoms with Crippen LogP contribution in [0, 0.1) is 16.4 Å². The number of benzene rings is 2. The molecule has 1 amide bonds. The van der Waals surface area contributed by atoms with Crippen LogP contribution in [0.15, 0.2) is 42.5 Å². The maximum atomic E-state index is 12.3. The number of amides is 1. The maximum Gasteiger partial charge on any atom is 0.255 e. The lowest BCUT2D eigenvalue weighted by Crippen LogP contribution is -2.13. The third kappa shape index (κ3) is 4.73. The van der Waals surface area contributed by atoms with Crippen molar-refractivity contribution in [1.29, 1.82) is 0 Å². The minimum atomic E-state index is -0.111. The highest BCUT2D eigenvalue weighted by atomic mass is 127. The lowest BCUT2D eigenvalue weighted by atomic mass is 10.1. The largest absolute Gasteiger partial charge is 0.493 e. The maximum absolute atomic E-state index is 12.3. The van der Waals surface area contributed by atoms with E-state index in [2.05, 4.69) is 41.8 Å². The fraction of sp³-hybridized carbons (Fsp3) is 0.278. The summed E-state index contributed by atoms with van der Waals surface area (Å²) in [5.74, 6) is 1.15. The second kappa shape index (κ2) is 7.63. The summed E-state index contributed by atoms with van der Waals surface area (Å²) in [5.41, 5.74) is 2.51. The Bertz CT molecular complexity index is 651. The number of ether oxygens (including phenoxy) is 1. The van der Waals surface area contributed by atoms with Gasteiger partial charge in [0.1, 0.15) is 5.75 Å². The summed E-state index contributed by atoms with van der Waals surface area (Å²) < 4.78 is 6.77. The molecule has 2 rings (SSSR count). The number of hydrogen-bond donors (Lipinski definition) is 1. The van der Waals surface area contributed by atoms with Gasteiger partial charge in [-0.3, -0.25) is 4.79 Å². The van der Waals surface area contributed by atoms with Gasteiger partial charge in [-0.2, -0.15) is 0 Å². The van der Waals surface area contributed by atoms with Crippen molar-refractivity contribution in [1.82, 2.24) is 0 Å². The summed E-state index contributed by atoms with van der Waals surface area (Å²) in [6, 6.07) is 13.2. The molecule has 2 aromatic rings. The molecule has 0 saturated carbocycles. The van der Waals surface area contributed by atoms with Crippen molar-refractivity contribution in [3.63, 3.8) is 0 Å². The van der Waals surface area contributed by atoms with Gasteiger partial charge in [-0.25, -0.2) is 0 Å². The van der Waals surface area contributed by atoms with E-state index in [1.54, 1.807) is 12.1 Å². The normalized spacial score (nSPS) is 10.6. The van der Waals surface area contributed by atoms with Crippen molar-refractivity contribution in [2.75, 3.05) is 11.9 Å². The Kier molecular flexibility index (Phi) is 5.83. The minimum Gasteiger partial charge on any atom is -0.493 e. The van der Waals surface area contributed by atoms with Crippen LogP contribution < -0.4 is 10.1 Å². The molecule has 0 unspecified atom stereocenters. The zero-order chi connectivity index (χ0) is 16.1. The van der Waals surface area contributed by atoms with E-state index in [0.29, 0.717) is 18.1 Å². The molecule has 0 atom stereocenters. The summed E-state index contributed by atoms with van der Waals surface area (Å²) >= 11 is 2.26. The van der Waals surface area contributed by atoms with Gasteiger partial charge < -0.3 is 10.1 Å². The lowest BCUT2D eigenvalue weighted by molar-refractivity contribution is 0.102. The second-order valence-electron chi connectivity index (χ2n) is 5.64.